The Morgan fingerprint density at radius 3 is 1.95 bits per heavy atom. The molecule has 9 heteroatoms. The van der Waals surface area contributed by atoms with E-state index in [1.54, 1.807) is 0 Å². The van der Waals surface area contributed by atoms with E-state index in [-0.39, 0.29) is 24.0 Å². The van der Waals surface area contributed by atoms with Crippen LogP contribution in [0.1, 0.15) is 75.9 Å². The molecule has 38 heavy (non-hydrogen) atoms. The quantitative estimate of drug-likeness (QED) is 0.111. The molecule has 0 aromatic heterocycles. The molecule has 2 aromatic rings. The fraction of sp³-hybridized carbons (Fsp3) is 0.552. The van der Waals surface area contributed by atoms with Crippen LogP contribution in [0.15, 0.2) is 54.6 Å². The molecule has 1 amide bonds. The molecule has 212 valence electrons. The van der Waals surface area contributed by atoms with E-state index >= 15 is 0 Å². The number of hydrogen-bond acceptors (Lipinski definition) is 5. The second kappa shape index (κ2) is 18.3. The molecule has 0 saturated heterocycles. The minimum atomic E-state index is -1.14. The van der Waals surface area contributed by atoms with Crippen molar-refractivity contribution in [1.29, 1.82) is 0 Å². The Balaban J connectivity index is 0.00000722. The molecular weight excluding hydrogens is 523 g/mol. The molecule has 0 radical (unpaired) electrons. The van der Waals surface area contributed by atoms with Gasteiger partial charge in [-0.15, -0.1) is 0 Å². The Kier molecular flexibility index (Phi) is 16.3. The van der Waals surface area contributed by atoms with Crippen molar-refractivity contribution in [1.82, 2.24) is 5.32 Å². The molecule has 2 atom stereocenters. The van der Waals surface area contributed by atoms with Crippen LogP contribution < -0.4 is 23.0 Å². The summed E-state index contributed by atoms with van der Waals surface area (Å²) in [5.41, 5.74) is 0.330. The highest BCUT2D eigenvalue weighted by Crippen LogP contribution is 2.50. The molecule has 2 aromatic carbocycles. The van der Waals surface area contributed by atoms with Crippen LogP contribution in [-0.2, 0) is 4.79 Å². The average Bonchev–Trinajstić information content (AvgIpc) is 2.90. The summed E-state index contributed by atoms with van der Waals surface area (Å²) in [5, 5.41) is 35.0. The van der Waals surface area contributed by atoms with Crippen LogP contribution in [0.3, 0.4) is 0 Å². The SMILES string of the molecule is C[P+](C)(CCCCCCCCCCCC(=O)NC(CO)C(O)c1ccc([N+](=O)[O-])cc1)c1ccccc1.[Cl-]. The number of halogens is 1. The summed E-state index contributed by atoms with van der Waals surface area (Å²) >= 11 is 0. The topological polar surface area (TPSA) is 113 Å². The smallest absolute Gasteiger partial charge is 0.269 e. The van der Waals surface area contributed by atoms with Crippen LogP contribution in [-0.4, -0.2) is 53.2 Å². The number of aliphatic hydroxyl groups is 2. The van der Waals surface area contributed by atoms with E-state index in [0.29, 0.717) is 12.0 Å². The molecule has 0 fully saturated rings. The lowest BCUT2D eigenvalue weighted by molar-refractivity contribution is -0.384. The Morgan fingerprint density at radius 2 is 1.42 bits per heavy atom. The van der Waals surface area contributed by atoms with Crippen LogP contribution >= 0.6 is 7.26 Å². The molecule has 0 aliphatic heterocycles. The molecule has 0 bridgehead atoms. The Bertz CT molecular complexity index is 944. The van der Waals surface area contributed by atoms with Crippen LogP contribution in [0.2, 0.25) is 0 Å². The van der Waals surface area contributed by atoms with Crippen molar-refractivity contribution >= 4 is 24.2 Å². The molecule has 7 nitrogen and oxygen atoms in total. The van der Waals surface area contributed by atoms with Crippen molar-refractivity contribution in [3.05, 3.63) is 70.3 Å². The molecule has 0 saturated carbocycles. The standard InChI is InChI=1S/C29H43N2O5P.ClH/c1-37(2,26-15-11-10-12-16-26)22-14-9-7-5-3-4-6-8-13-17-28(33)30-27(23-32)29(34)24-18-20-25(21-19-24)31(35)36;/h10-12,15-16,18-21,27,29,32,34H,3-9,13-14,17,22-23H2,1-2H3;1H. The number of nitro benzene ring substituents is 1. The fourth-order valence-corrected chi connectivity index (χ4v) is 6.77. The zero-order valence-corrected chi connectivity index (χ0v) is 24.4. The third-order valence-corrected chi connectivity index (χ3v) is 10.1. The van der Waals surface area contributed by atoms with Gasteiger partial charge in [-0.1, -0.05) is 56.7 Å². The van der Waals surface area contributed by atoms with E-state index in [2.05, 4.69) is 49.0 Å². The fourth-order valence-electron chi connectivity index (χ4n) is 4.52. The second-order valence-corrected chi connectivity index (χ2v) is 14.7. The Morgan fingerprint density at radius 1 is 0.895 bits per heavy atom. The number of nitro groups is 1. The predicted octanol–water partition coefficient (Wildman–Crippen LogP) is 2.61. The summed E-state index contributed by atoms with van der Waals surface area (Å²) in [6.07, 6.45) is 11.0. The predicted molar refractivity (Wildman–Crippen MR) is 153 cm³/mol. The number of amides is 1. The number of nitrogens with one attached hydrogen (secondary N) is 1. The van der Waals surface area contributed by atoms with Gasteiger partial charge in [0.25, 0.3) is 5.69 Å². The number of carbonyl (C=O) groups excluding carboxylic acids is 1. The maximum Gasteiger partial charge on any atom is 0.269 e. The van der Waals surface area contributed by atoms with Gasteiger partial charge in [0.2, 0.25) is 5.91 Å². The lowest BCUT2D eigenvalue weighted by Crippen LogP contribution is -3.00. The number of unbranched alkanes of at least 4 members (excludes halogenated alkanes) is 8. The molecule has 0 heterocycles. The van der Waals surface area contributed by atoms with Crippen molar-refractivity contribution in [3.63, 3.8) is 0 Å². The monoisotopic (exact) mass is 566 g/mol. The lowest BCUT2D eigenvalue weighted by Gasteiger charge is -2.22. The van der Waals surface area contributed by atoms with E-state index in [1.165, 1.54) is 74.3 Å². The van der Waals surface area contributed by atoms with Crippen LogP contribution in [0, 0.1) is 10.1 Å². The summed E-state index contributed by atoms with van der Waals surface area (Å²) < 4.78 is 0. The van der Waals surface area contributed by atoms with E-state index in [9.17, 15) is 25.1 Å². The first kappa shape index (κ1) is 34.0. The number of hydrogen-bond donors (Lipinski definition) is 3. The van der Waals surface area contributed by atoms with Crippen molar-refractivity contribution in [2.75, 3.05) is 26.1 Å². The van der Waals surface area contributed by atoms with Gasteiger partial charge in [-0.25, -0.2) is 0 Å². The summed E-state index contributed by atoms with van der Waals surface area (Å²) in [5.74, 6) is -0.207. The van der Waals surface area contributed by atoms with Gasteiger partial charge in [-0.05, 0) is 49.1 Å². The van der Waals surface area contributed by atoms with Crippen molar-refractivity contribution in [2.45, 2.75) is 76.4 Å². The van der Waals surface area contributed by atoms with Gasteiger partial charge in [-0.2, -0.15) is 0 Å². The normalized spacial score (nSPS) is 12.8. The number of benzene rings is 2. The zero-order valence-electron chi connectivity index (χ0n) is 22.7. The van der Waals surface area contributed by atoms with Crippen LogP contribution in [0.4, 0.5) is 5.69 Å². The Hall–Kier alpha value is -2.05. The minimum Gasteiger partial charge on any atom is -1.00 e. The number of non-ortho nitro benzene ring substituents is 1. The van der Waals surface area contributed by atoms with Crippen molar-refractivity contribution in [2.24, 2.45) is 0 Å². The van der Waals surface area contributed by atoms with Crippen LogP contribution in [0.25, 0.3) is 0 Å². The zero-order chi connectivity index (χ0) is 27.1. The second-order valence-electron chi connectivity index (χ2n) is 10.3. The maximum atomic E-state index is 12.3. The summed E-state index contributed by atoms with van der Waals surface area (Å²) in [6.45, 7) is 4.46. The van der Waals surface area contributed by atoms with Gasteiger partial charge in [0.05, 0.1) is 42.4 Å². The molecule has 0 spiro atoms. The largest absolute Gasteiger partial charge is 1.00 e. The molecule has 2 unspecified atom stereocenters. The molecule has 0 aliphatic rings. The third-order valence-electron chi connectivity index (χ3n) is 6.95. The first-order valence-electron chi connectivity index (χ1n) is 13.5. The molecule has 0 aliphatic carbocycles. The molecular formula is C29H44ClN2O5P. The number of aliphatic hydroxyl groups excluding tert-OH is 2. The highest BCUT2D eigenvalue weighted by Gasteiger charge is 2.27. The van der Waals surface area contributed by atoms with Gasteiger partial charge >= 0.3 is 0 Å². The Labute approximate surface area is 234 Å². The minimum absolute atomic E-state index is 0. The first-order valence-corrected chi connectivity index (χ1v) is 16.3. The van der Waals surface area contributed by atoms with Crippen molar-refractivity contribution in [3.8, 4) is 0 Å². The summed E-state index contributed by atoms with van der Waals surface area (Å²) in [7, 11) is -0.998. The van der Waals surface area contributed by atoms with Gasteiger partial charge in [0.1, 0.15) is 6.10 Å². The highest BCUT2D eigenvalue weighted by atomic mass is 35.5. The number of carbonyl (C=O) groups is 1. The summed E-state index contributed by atoms with van der Waals surface area (Å²) in [6, 6.07) is 15.5. The number of nitrogens with zero attached hydrogens (tertiary/aromatic N) is 1. The average molecular weight is 567 g/mol. The van der Waals surface area contributed by atoms with Crippen molar-refractivity contribution < 1.29 is 32.3 Å². The molecule has 3 N–H and O–H groups in total. The third kappa shape index (κ3) is 12.2. The first-order chi connectivity index (χ1) is 17.7. The van der Waals surface area contributed by atoms with E-state index in [0.717, 1.165) is 19.3 Å². The van der Waals surface area contributed by atoms with E-state index in [4.69, 9.17) is 0 Å². The maximum absolute atomic E-state index is 12.3. The number of rotatable bonds is 18. The molecule has 2 rings (SSSR count). The van der Waals surface area contributed by atoms with Gasteiger partial charge < -0.3 is 27.9 Å². The van der Waals surface area contributed by atoms with Crippen LogP contribution in [0.5, 0.6) is 0 Å². The van der Waals surface area contributed by atoms with Gasteiger partial charge in [-0.3, -0.25) is 14.9 Å². The summed E-state index contributed by atoms with van der Waals surface area (Å²) in [4.78, 5) is 22.5. The van der Waals surface area contributed by atoms with Gasteiger partial charge in [0, 0.05) is 25.8 Å². The lowest BCUT2D eigenvalue weighted by atomic mass is 10.0. The van der Waals surface area contributed by atoms with E-state index < -0.39 is 30.9 Å². The van der Waals surface area contributed by atoms with E-state index in [1.807, 2.05) is 0 Å². The highest BCUT2D eigenvalue weighted by molar-refractivity contribution is 7.81. The van der Waals surface area contributed by atoms with Gasteiger partial charge in [0.15, 0.2) is 0 Å².